The molecule has 3 atom stereocenters. The average Bonchev–Trinajstić information content (AvgIpc) is 2.93. The van der Waals surface area contributed by atoms with Crippen molar-refractivity contribution in [2.75, 3.05) is 0 Å². The first-order chi connectivity index (χ1) is 9.85. The number of aromatic nitrogens is 1. The van der Waals surface area contributed by atoms with Gasteiger partial charge in [0.05, 0.1) is 0 Å². The number of hydrogen-bond donors (Lipinski definition) is 4. The highest BCUT2D eigenvalue weighted by molar-refractivity contribution is 7.89. The Morgan fingerprint density at radius 2 is 2.10 bits per heavy atom. The lowest BCUT2D eigenvalue weighted by molar-refractivity contribution is 0.0949. The Labute approximate surface area is 124 Å². The smallest absolute Gasteiger partial charge is 0.281 e. The van der Waals surface area contributed by atoms with E-state index in [1.165, 1.54) is 12.3 Å². The molecule has 0 radical (unpaired) electrons. The van der Waals surface area contributed by atoms with Crippen LogP contribution in [0.2, 0.25) is 0 Å². The third kappa shape index (κ3) is 3.45. The van der Waals surface area contributed by atoms with E-state index in [1.54, 1.807) is 0 Å². The highest BCUT2D eigenvalue weighted by Gasteiger charge is 2.31. The van der Waals surface area contributed by atoms with Crippen LogP contribution in [-0.4, -0.2) is 25.4 Å². The van der Waals surface area contributed by atoms with Gasteiger partial charge in [-0.15, -0.1) is 0 Å². The molecule has 3 unspecified atom stereocenters. The summed E-state index contributed by atoms with van der Waals surface area (Å²) in [6.07, 6.45) is 4.28. The standard InChI is InChI=1S/C13H22N4O3S/c1-8-4-3-5-11(9(8)2)17-21(19,20)10-6-12(15-7-10)13(18)16-14/h6-9,11,15,17H,3-5,14H2,1-2H3,(H,16,18). The van der Waals surface area contributed by atoms with Crippen molar-refractivity contribution in [1.82, 2.24) is 15.1 Å². The molecule has 7 nitrogen and oxygen atoms in total. The van der Waals surface area contributed by atoms with E-state index in [0.29, 0.717) is 11.8 Å². The molecule has 21 heavy (non-hydrogen) atoms. The molecule has 0 spiro atoms. The van der Waals surface area contributed by atoms with Gasteiger partial charge < -0.3 is 4.98 Å². The summed E-state index contributed by atoms with van der Waals surface area (Å²) in [6.45, 7) is 4.21. The summed E-state index contributed by atoms with van der Waals surface area (Å²) >= 11 is 0. The minimum Gasteiger partial charge on any atom is -0.356 e. The van der Waals surface area contributed by atoms with Gasteiger partial charge in [-0.3, -0.25) is 10.2 Å². The summed E-state index contributed by atoms with van der Waals surface area (Å²) in [4.78, 5) is 14.0. The van der Waals surface area contributed by atoms with E-state index in [2.05, 4.69) is 23.6 Å². The zero-order valence-corrected chi connectivity index (χ0v) is 13.0. The molecule has 2 rings (SSSR count). The van der Waals surface area contributed by atoms with Crippen LogP contribution in [0.4, 0.5) is 0 Å². The maximum atomic E-state index is 12.4. The second-order valence-corrected chi connectivity index (χ2v) is 7.43. The maximum absolute atomic E-state index is 12.4. The highest BCUT2D eigenvalue weighted by Crippen LogP contribution is 2.30. The van der Waals surface area contributed by atoms with E-state index < -0.39 is 15.9 Å². The average molecular weight is 314 g/mol. The normalized spacial score (nSPS) is 26.5. The molecule has 1 aliphatic carbocycles. The summed E-state index contributed by atoms with van der Waals surface area (Å²) in [5.74, 6) is 5.25. The van der Waals surface area contributed by atoms with Crippen LogP contribution in [0.25, 0.3) is 0 Å². The van der Waals surface area contributed by atoms with E-state index in [9.17, 15) is 13.2 Å². The lowest BCUT2D eigenvalue weighted by Crippen LogP contribution is -2.43. The van der Waals surface area contributed by atoms with Crippen LogP contribution in [-0.2, 0) is 10.0 Å². The molecule has 5 N–H and O–H groups in total. The Kier molecular flexibility index (Phi) is 4.70. The fraction of sp³-hybridized carbons (Fsp3) is 0.615. The topological polar surface area (TPSA) is 117 Å². The number of H-pyrrole nitrogens is 1. The molecule has 118 valence electrons. The number of rotatable bonds is 4. The van der Waals surface area contributed by atoms with Crippen LogP contribution in [0.5, 0.6) is 0 Å². The predicted molar refractivity (Wildman–Crippen MR) is 78.7 cm³/mol. The van der Waals surface area contributed by atoms with E-state index in [-0.39, 0.29) is 16.6 Å². The molecule has 0 aromatic carbocycles. The summed E-state index contributed by atoms with van der Waals surface area (Å²) < 4.78 is 27.5. The molecular weight excluding hydrogens is 292 g/mol. The molecular formula is C13H22N4O3S. The van der Waals surface area contributed by atoms with E-state index in [4.69, 9.17) is 5.84 Å². The Morgan fingerprint density at radius 1 is 1.38 bits per heavy atom. The first-order valence-electron chi connectivity index (χ1n) is 7.07. The van der Waals surface area contributed by atoms with E-state index >= 15 is 0 Å². The van der Waals surface area contributed by atoms with Crippen LogP contribution in [0, 0.1) is 11.8 Å². The molecule has 1 saturated carbocycles. The zero-order valence-electron chi connectivity index (χ0n) is 12.2. The summed E-state index contributed by atoms with van der Waals surface area (Å²) in [5, 5.41) is 0. The predicted octanol–water partition coefficient (Wildman–Crippen LogP) is 0.721. The number of nitrogens with one attached hydrogen (secondary N) is 3. The number of sulfonamides is 1. The molecule has 1 fully saturated rings. The zero-order chi connectivity index (χ0) is 15.6. The Balaban J connectivity index is 2.14. The summed E-state index contributed by atoms with van der Waals surface area (Å²) in [7, 11) is -3.64. The van der Waals surface area contributed by atoms with Crippen LogP contribution < -0.4 is 16.0 Å². The van der Waals surface area contributed by atoms with E-state index in [1.807, 2.05) is 5.43 Å². The van der Waals surface area contributed by atoms with Crippen LogP contribution in [0.3, 0.4) is 0 Å². The van der Waals surface area contributed by atoms with Gasteiger partial charge in [-0.2, -0.15) is 0 Å². The number of carbonyl (C=O) groups is 1. The van der Waals surface area contributed by atoms with Gasteiger partial charge in [0.2, 0.25) is 10.0 Å². The van der Waals surface area contributed by atoms with Gasteiger partial charge in [-0.05, 0) is 24.3 Å². The van der Waals surface area contributed by atoms with Gasteiger partial charge in [0.15, 0.2) is 0 Å². The minimum absolute atomic E-state index is 0.0477. The third-order valence-electron chi connectivity index (χ3n) is 4.36. The number of hydrazine groups is 1. The summed E-state index contributed by atoms with van der Waals surface area (Å²) in [6, 6.07) is 1.21. The van der Waals surface area contributed by atoms with Gasteiger partial charge >= 0.3 is 0 Å². The quantitative estimate of drug-likeness (QED) is 0.372. The highest BCUT2D eigenvalue weighted by atomic mass is 32.2. The van der Waals surface area contributed by atoms with Gasteiger partial charge in [0.1, 0.15) is 10.6 Å². The van der Waals surface area contributed by atoms with Crippen LogP contribution >= 0.6 is 0 Å². The van der Waals surface area contributed by atoms with Gasteiger partial charge in [0.25, 0.3) is 5.91 Å². The maximum Gasteiger partial charge on any atom is 0.281 e. The number of amides is 1. The van der Waals surface area contributed by atoms with Crippen molar-refractivity contribution in [3.8, 4) is 0 Å². The molecule has 0 saturated heterocycles. The number of nitrogen functional groups attached to an aromatic ring is 1. The Morgan fingerprint density at radius 3 is 2.76 bits per heavy atom. The second-order valence-electron chi connectivity index (χ2n) is 5.72. The van der Waals surface area contributed by atoms with Gasteiger partial charge in [-0.1, -0.05) is 26.7 Å². The minimum atomic E-state index is -3.64. The van der Waals surface area contributed by atoms with Crippen molar-refractivity contribution in [1.29, 1.82) is 0 Å². The number of aromatic amines is 1. The molecule has 1 aliphatic rings. The van der Waals surface area contributed by atoms with E-state index in [0.717, 1.165) is 19.3 Å². The molecule has 8 heteroatoms. The van der Waals surface area contributed by atoms with Crippen molar-refractivity contribution < 1.29 is 13.2 Å². The molecule has 1 aromatic rings. The first-order valence-corrected chi connectivity index (χ1v) is 8.55. The molecule has 1 heterocycles. The number of carbonyl (C=O) groups excluding carboxylic acids is 1. The van der Waals surface area contributed by atoms with Crippen molar-refractivity contribution in [3.63, 3.8) is 0 Å². The monoisotopic (exact) mass is 314 g/mol. The third-order valence-corrected chi connectivity index (χ3v) is 5.83. The SMILES string of the molecule is CC1CCCC(NS(=O)(=O)c2c[nH]c(C(=O)NN)c2)C1C. The number of hydrogen-bond acceptors (Lipinski definition) is 4. The summed E-state index contributed by atoms with van der Waals surface area (Å²) in [5.41, 5.74) is 2.07. The fourth-order valence-corrected chi connectivity index (χ4v) is 4.11. The van der Waals surface area contributed by atoms with Crippen LogP contribution in [0.1, 0.15) is 43.6 Å². The lowest BCUT2D eigenvalue weighted by Gasteiger charge is -2.34. The number of nitrogens with two attached hydrogens (primary N) is 1. The van der Waals surface area contributed by atoms with Crippen molar-refractivity contribution in [3.05, 3.63) is 18.0 Å². The van der Waals surface area contributed by atoms with Crippen molar-refractivity contribution in [2.24, 2.45) is 17.7 Å². The molecule has 1 aromatic heterocycles. The molecule has 0 bridgehead atoms. The largest absolute Gasteiger partial charge is 0.356 e. The lowest BCUT2D eigenvalue weighted by atomic mass is 9.78. The van der Waals surface area contributed by atoms with Gasteiger partial charge in [0, 0.05) is 12.2 Å². The van der Waals surface area contributed by atoms with Crippen molar-refractivity contribution in [2.45, 2.75) is 44.0 Å². The fourth-order valence-electron chi connectivity index (χ4n) is 2.75. The first kappa shape index (κ1) is 16.0. The molecule has 1 amide bonds. The van der Waals surface area contributed by atoms with Gasteiger partial charge in [-0.25, -0.2) is 19.0 Å². The van der Waals surface area contributed by atoms with Crippen molar-refractivity contribution >= 4 is 15.9 Å². The molecule has 0 aliphatic heterocycles. The van der Waals surface area contributed by atoms with Crippen LogP contribution in [0.15, 0.2) is 17.2 Å². The Bertz CT molecular complexity index is 611. The Hall–Kier alpha value is -1.38. The second kappa shape index (κ2) is 6.17.